The molecule has 0 saturated heterocycles. The van der Waals surface area contributed by atoms with E-state index in [0.717, 1.165) is 10.4 Å². The van der Waals surface area contributed by atoms with Crippen LogP contribution in [0.3, 0.4) is 0 Å². The highest BCUT2D eigenvalue weighted by atomic mass is 35.5. The highest BCUT2D eigenvalue weighted by Gasteiger charge is 2.42. The molecule has 0 amide bonds. The Morgan fingerprint density at radius 3 is 1.49 bits per heavy atom. The Kier molecular flexibility index (Phi) is 11.1. The molecule has 2 aliphatic rings. The van der Waals surface area contributed by atoms with Crippen molar-refractivity contribution in [3.05, 3.63) is 143 Å². The fraction of sp³-hybridized carbons (Fsp3) is 0.370. The molecule has 0 spiro atoms. The summed E-state index contributed by atoms with van der Waals surface area (Å²) in [4.78, 5) is 0. The highest BCUT2D eigenvalue weighted by molar-refractivity contribution is 6.36. The van der Waals surface area contributed by atoms with E-state index >= 15 is 0 Å². The van der Waals surface area contributed by atoms with Crippen LogP contribution in [0.1, 0.15) is 140 Å². The maximum absolute atomic E-state index is 6.64. The van der Waals surface area contributed by atoms with E-state index in [1.165, 1.54) is 151 Å². The van der Waals surface area contributed by atoms with Gasteiger partial charge in [0.15, 0.2) is 0 Å². The van der Waals surface area contributed by atoms with Crippen LogP contribution in [-0.2, 0) is 10.8 Å². The van der Waals surface area contributed by atoms with Crippen LogP contribution in [0, 0.1) is 0 Å². The fourth-order valence-electron chi connectivity index (χ4n) is 10.3. The maximum Gasteiger partial charge on any atom is 0.0484 e. The lowest BCUT2D eigenvalue weighted by Crippen LogP contribution is -2.25. The molecule has 0 atom stereocenters. The lowest BCUT2D eigenvalue weighted by molar-refractivity contribution is 0.398. The first-order valence-corrected chi connectivity index (χ1v) is 22.0. The summed E-state index contributed by atoms with van der Waals surface area (Å²) in [6.07, 6.45) is 18.6. The first-order chi connectivity index (χ1) is 26.9. The minimum atomic E-state index is -0.120. The van der Waals surface area contributed by atoms with Crippen LogP contribution in [-0.4, -0.2) is 0 Å². The zero-order chi connectivity index (χ0) is 38.0. The third-order valence-corrected chi connectivity index (χ3v) is 13.7. The van der Waals surface area contributed by atoms with Crippen LogP contribution in [0.4, 0.5) is 0 Å². The predicted octanol–water partition coefficient (Wildman–Crippen LogP) is 16.9. The number of hydrogen-bond acceptors (Lipinski definition) is 0. The van der Waals surface area contributed by atoms with E-state index in [0.29, 0.717) is 0 Å². The normalized spacial score (nSPS) is 14.5. The summed E-state index contributed by atoms with van der Waals surface area (Å²) in [5.41, 5.74) is 16.8. The summed E-state index contributed by atoms with van der Waals surface area (Å²) in [7, 11) is 0. The van der Waals surface area contributed by atoms with Gasteiger partial charge in [-0.3, -0.25) is 0 Å². The van der Waals surface area contributed by atoms with E-state index in [1.807, 2.05) is 6.07 Å². The molecule has 0 saturated carbocycles. The number of benzene rings is 6. The molecular formula is C54H59Cl. The largest absolute Gasteiger partial charge is 0.0837 e. The zero-order valence-corrected chi connectivity index (χ0v) is 34.5. The molecule has 6 aromatic rings. The Morgan fingerprint density at radius 2 is 0.855 bits per heavy atom. The summed E-state index contributed by atoms with van der Waals surface area (Å²) >= 11 is 6.64. The molecule has 0 fully saturated rings. The summed E-state index contributed by atoms with van der Waals surface area (Å²) in [5.74, 6) is 0. The van der Waals surface area contributed by atoms with E-state index < -0.39 is 0 Å². The molecule has 0 N–H and O–H groups in total. The number of halogens is 1. The van der Waals surface area contributed by atoms with Crippen molar-refractivity contribution >= 4 is 22.4 Å². The minimum Gasteiger partial charge on any atom is -0.0837 e. The molecule has 0 heterocycles. The summed E-state index contributed by atoms with van der Waals surface area (Å²) < 4.78 is 0. The van der Waals surface area contributed by atoms with E-state index in [-0.39, 0.29) is 10.8 Å². The Labute approximate surface area is 336 Å². The van der Waals surface area contributed by atoms with Gasteiger partial charge in [0.25, 0.3) is 0 Å². The van der Waals surface area contributed by atoms with Gasteiger partial charge in [-0.05, 0) is 109 Å². The van der Waals surface area contributed by atoms with Crippen LogP contribution >= 0.6 is 11.6 Å². The Bertz CT molecular complexity index is 2290. The van der Waals surface area contributed by atoms with Gasteiger partial charge in [-0.2, -0.15) is 0 Å². The van der Waals surface area contributed by atoms with Crippen molar-refractivity contribution in [3.8, 4) is 44.5 Å². The zero-order valence-electron chi connectivity index (χ0n) is 33.7. The van der Waals surface area contributed by atoms with Gasteiger partial charge in [0.1, 0.15) is 0 Å². The van der Waals surface area contributed by atoms with Crippen molar-refractivity contribution in [3.63, 3.8) is 0 Å². The number of hydrogen-bond donors (Lipinski definition) is 0. The van der Waals surface area contributed by atoms with Crippen molar-refractivity contribution in [2.75, 3.05) is 0 Å². The topological polar surface area (TPSA) is 0 Å². The van der Waals surface area contributed by atoms with Gasteiger partial charge >= 0.3 is 0 Å². The highest BCUT2D eigenvalue weighted by Crippen LogP contribution is 2.56. The molecule has 0 bridgehead atoms. The van der Waals surface area contributed by atoms with Crippen LogP contribution in [0.15, 0.2) is 115 Å². The van der Waals surface area contributed by atoms with Crippen LogP contribution in [0.25, 0.3) is 55.3 Å². The molecular weight excluding hydrogens is 684 g/mol. The van der Waals surface area contributed by atoms with Gasteiger partial charge in [-0.1, -0.05) is 207 Å². The lowest BCUT2D eigenvalue weighted by Gasteiger charge is -2.33. The molecule has 8 rings (SSSR count). The van der Waals surface area contributed by atoms with Gasteiger partial charge in [0.2, 0.25) is 0 Å². The van der Waals surface area contributed by atoms with Crippen molar-refractivity contribution in [1.82, 2.24) is 0 Å². The SMILES string of the molecule is CCCCCCCCC1(CCCCCCCC)c2ccccc2-c2ccc(-c3ccc4c(c3)C(C)(C)c3cc(-c5ccc(Cl)c6ccccc56)ccc3-4)cc21. The molecule has 1 heteroatoms. The smallest absolute Gasteiger partial charge is 0.0484 e. The van der Waals surface area contributed by atoms with Crippen LogP contribution < -0.4 is 0 Å². The quantitative estimate of drug-likeness (QED) is 0.0866. The number of unbranched alkanes of at least 4 members (excludes halogenated alkanes) is 10. The second kappa shape index (κ2) is 16.2. The molecule has 0 unspecified atom stereocenters. The Balaban J connectivity index is 1.14. The second-order valence-corrected chi connectivity index (χ2v) is 17.6. The molecule has 282 valence electrons. The molecule has 0 aliphatic heterocycles. The number of rotatable bonds is 16. The second-order valence-electron chi connectivity index (χ2n) is 17.2. The molecule has 0 radical (unpaired) electrons. The first kappa shape index (κ1) is 37.8. The number of fused-ring (bicyclic) bond motifs is 7. The van der Waals surface area contributed by atoms with E-state index in [4.69, 9.17) is 11.6 Å². The molecule has 0 aromatic heterocycles. The van der Waals surface area contributed by atoms with Gasteiger partial charge in [0.05, 0.1) is 0 Å². The third-order valence-electron chi connectivity index (χ3n) is 13.4. The van der Waals surface area contributed by atoms with Gasteiger partial charge in [-0.25, -0.2) is 0 Å². The summed E-state index contributed by atoms with van der Waals surface area (Å²) in [5, 5.41) is 3.11. The van der Waals surface area contributed by atoms with Crippen molar-refractivity contribution in [2.24, 2.45) is 0 Å². The van der Waals surface area contributed by atoms with Crippen molar-refractivity contribution in [2.45, 2.75) is 128 Å². The lowest BCUT2D eigenvalue weighted by atomic mass is 9.70. The molecule has 2 aliphatic carbocycles. The third kappa shape index (κ3) is 6.99. The van der Waals surface area contributed by atoms with Gasteiger partial charge in [0, 0.05) is 21.2 Å². The van der Waals surface area contributed by atoms with E-state index in [2.05, 4.69) is 137 Å². The van der Waals surface area contributed by atoms with Crippen molar-refractivity contribution in [1.29, 1.82) is 0 Å². The summed E-state index contributed by atoms with van der Waals surface area (Å²) in [6.45, 7) is 9.47. The van der Waals surface area contributed by atoms with Gasteiger partial charge in [-0.15, -0.1) is 0 Å². The maximum atomic E-state index is 6.64. The average molecular weight is 744 g/mol. The predicted molar refractivity (Wildman–Crippen MR) is 240 cm³/mol. The monoisotopic (exact) mass is 742 g/mol. The fourth-order valence-corrected chi connectivity index (χ4v) is 10.5. The first-order valence-electron chi connectivity index (χ1n) is 21.6. The average Bonchev–Trinajstić information content (AvgIpc) is 3.61. The standard InChI is InChI=1S/C54H59Cl/c1-5-7-9-11-13-19-33-54(34-20-14-12-10-8-6-2)48-24-18-17-22-43(48)46-29-26-39(36-51(46)54)38-25-28-44-45-30-27-40(37-50(45)53(3,4)49(44)35-38)41-31-32-52(55)47-23-16-15-21-42(41)47/h15-18,21-32,35-37H,5-14,19-20,33-34H2,1-4H3. The molecule has 6 aromatic carbocycles. The minimum absolute atomic E-state index is 0.0892. The van der Waals surface area contributed by atoms with Crippen LogP contribution in [0.5, 0.6) is 0 Å². The Hall–Kier alpha value is -4.13. The van der Waals surface area contributed by atoms with E-state index in [9.17, 15) is 0 Å². The van der Waals surface area contributed by atoms with E-state index in [1.54, 1.807) is 11.1 Å². The molecule has 0 nitrogen and oxygen atoms in total. The van der Waals surface area contributed by atoms with Gasteiger partial charge < -0.3 is 0 Å². The summed E-state index contributed by atoms with van der Waals surface area (Å²) in [6, 6.07) is 44.0. The Morgan fingerprint density at radius 1 is 0.400 bits per heavy atom. The van der Waals surface area contributed by atoms with Crippen LogP contribution in [0.2, 0.25) is 5.02 Å². The van der Waals surface area contributed by atoms with Crippen molar-refractivity contribution < 1.29 is 0 Å². The molecule has 55 heavy (non-hydrogen) atoms.